The second kappa shape index (κ2) is 8.54. The number of aliphatic hydroxyl groups is 1. The van der Waals surface area contributed by atoms with Gasteiger partial charge in [-0.3, -0.25) is 20.2 Å². The molecule has 9 nitrogen and oxygen atoms in total. The van der Waals surface area contributed by atoms with Gasteiger partial charge in [0, 0.05) is 18.2 Å². The average molecular weight is 353 g/mol. The van der Waals surface area contributed by atoms with Crippen LogP contribution in [0.5, 0.6) is 0 Å². The minimum absolute atomic E-state index is 0.0467. The third-order valence-corrected chi connectivity index (χ3v) is 3.15. The van der Waals surface area contributed by atoms with Gasteiger partial charge in [-0.25, -0.2) is 4.79 Å². The quantitative estimate of drug-likeness (QED) is 0.515. The molecule has 0 aliphatic carbocycles. The third kappa shape index (κ3) is 7.73. The summed E-state index contributed by atoms with van der Waals surface area (Å²) in [6.45, 7) is 4.98. The fourth-order valence-electron chi connectivity index (χ4n) is 1.97. The SMILES string of the molecule is CC(C)(C)OC(=O)NC(=O)C[C@H](O)[C@@H](N)Cc1ccc([N+](=O)[O-])cc1. The number of hydrogen-bond donors (Lipinski definition) is 3. The number of imide groups is 1. The maximum absolute atomic E-state index is 11.7. The number of rotatable bonds is 6. The Balaban J connectivity index is 2.50. The number of nitro groups is 1. The largest absolute Gasteiger partial charge is 0.444 e. The lowest BCUT2D eigenvalue weighted by Gasteiger charge is -2.21. The van der Waals surface area contributed by atoms with Crippen LogP contribution in [0.15, 0.2) is 24.3 Å². The average Bonchev–Trinajstić information content (AvgIpc) is 2.45. The molecule has 0 heterocycles. The van der Waals surface area contributed by atoms with Crippen LogP contribution in [0.4, 0.5) is 10.5 Å². The van der Waals surface area contributed by atoms with Gasteiger partial charge in [-0.05, 0) is 32.8 Å². The summed E-state index contributed by atoms with van der Waals surface area (Å²) >= 11 is 0. The molecule has 0 aliphatic heterocycles. The van der Waals surface area contributed by atoms with E-state index in [1.165, 1.54) is 24.3 Å². The fourth-order valence-corrected chi connectivity index (χ4v) is 1.97. The summed E-state index contributed by atoms with van der Waals surface area (Å²) in [7, 11) is 0. The summed E-state index contributed by atoms with van der Waals surface area (Å²) in [6, 6.07) is 4.97. The Bertz CT molecular complexity index is 624. The number of non-ortho nitro benzene ring substituents is 1. The van der Waals surface area contributed by atoms with Crippen molar-refractivity contribution in [3.8, 4) is 0 Å². The minimum atomic E-state index is -1.18. The molecule has 9 heteroatoms. The van der Waals surface area contributed by atoms with Crippen molar-refractivity contribution in [2.24, 2.45) is 5.73 Å². The number of carbonyl (C=O) groups is 2. The van der Waals surface area contributed by atoms with Crippen molar-refractivity contribution in [3.05, 3.63) is 39.9 Å². The number of amides is 2. The van der Waals surface area contributed by atoms with Crippen molar-refractivity contribution < 1.29 is 24.4 Å². The van der Waals surface area contributed by atoms with Crippen LogP contribution in [0.2, 0.25) is 0 Å². The molecule has 0 aromatic heterocycles. The van der Waals surface area contributed by atoms with E-state index in [1.807, 2.05) is 5.32 Å². The molecular weight excluding hydrogens is 330 g/mol. The number of hydrogen-bond acceptors (Lipinski definition) is 7. The van der Waals surface area contributed by atoms with Gasteiger partial charge in [-0.15, -0.1) is 0 Å². The van der Waals surface area contributed by atoms with Gasteiger partial charge >= 0.3 is 6.09 Å². The predicted molar refractivity (Wildman–Crippen MR) is 89.8 cm³/mol. The lowest BCUT2D eigenvalue weighted by Crippen LogP contribution is -2.42. The molecule has 2 atom stereocenters. The van der Waals surface area contributed by atoms with Gasteiger partial charge in [0.2, 0.25) is 5.91 Å². The highest BCUT2D eigenvalue weighted by Gasteiger charge is 2.22. The zero-order valence-electron chi connectivity index (χ0n) is 14.4. The first-order chi connectivity index (χ1) is 11.5. The number of nitrogens with zero attached hydrogens (tertiary/aromatic N) is 1. The summed E-state index contributed by atoms with van der Waals surface area (Å²) in [6.07, 6.45) is -2.22. The van der Waals surface area contributed by atoms with Gasteiger partial charge in [0.15, 0.2) is 0 Å². The zero-order chi connectivity index (χ0) is 19.2. The number of carbonyl (C=O) groups excluding carboxylic acids is 2. The summed E-state index contributed by atoms with van der Waals surface area (Å²) in [5.74, 6) is -0.708. The number of nitro benzene ring substituents is 1. The van der Waals surface area contributed by atoms with Crippen LogP contribution >= 0.6 is 0 Å². The molecule has 138 valence electrons. The topological polar surface area (TPSA) is 145 Å². The molecule has 0 fully saturated rings. The lowest BCUT2D eigenvalue weighted by atomic mass is 10.00. The van der Waals surface area contributed by atoms with E-state index >= 15 is 0 Å². The second-order valence-corrected chi connectivity index (χ2v) is 6.61. The number of nitrogens with two attached hydrogens (primary N) is 1. The highest BCUT2D eigenvalue weighted by molar-refractivity contribution is 5.92. The van der Waals surface area contributed by atoms with E-state index in [4.69, 9.17) is 10.5 Å². The van der Waals surface area contributed by atoms with Crippen LogP contribution < -0.4 is 11.1 Å². The Labute approximate surface area is 145 Å². The second-order valence-electron chi connectivity index (χ2n) is 6.61. The molecular formula is C16H23N3O6. The predicted octanol–water partition coefficient (Wildman–Crippen LogP) is 1.27. The molecule has 4 N–H and O–H groups in total. The standard InChI is InChI=1S/C16H23N3O6/c1-16(2,3)25-15(22)18-14(21)9-13(20)12(17)8-10-4-6-11(7-5-10)19(23)24/h4-7,12-13,20H,8-9,17H2,1-3H3,(H,18,21,22)/t12-,13-/m0/s1. The van der Waals surface area contributed by atoms with Crippen molar-refractivity contribution in [3.63, 3.8) is 0 Å². The third-order valence-electron chi connectivity index (χ3n) is 3.15. The van der Waals surface area contributed by atoms with Gasteiger partial charge in [0.1, 0.15) is 5.60 Å². The Kier molecular flexibility index (Phi) is 7.01. The monoisotopic (exact) mass is 353 g/mol. The van der Waals surface area contributed by atoms with Crippen molar-refractivity contribution in [2.45, 2.75) is 51.4 Å². The van der Waals surface area contributed by atoms with Crippen molar-refractivity contribution in [1.29, 1.82) is 0 Å². The molecule has 0 spiro atoms. The first kappa shape index (κ1) is 20.5. The first-order valence-electron chi connectivity index (χ1n) is 7.68. The van der Waals surface area contributed by atoms with Crippen LogP contribution in [0, 0.1) is 10.1 Å². The molecule has 0 bridgehead atoms. The van der Waals surface area contributed by atoms with Crippen LogP contribution in [0.25, 0.3) is 0 Å². The lowest BCUT2D eigenvalue weighted by molar-refractivity contribution is -0.384. The molecule has 1 rings (SSSR count). The maximum atomic E-state index is 11.7. The number of alkyl carbamates (subject to hydrolysis) is 1. The van der Waals surface area contributed by atoms with E-state index < -0.39 is 34.7 Å². The normalized spacial score (nSPS) is 13.6. The van der Waals surface area contributed by atoms with Gasteiger partial charge in [-0.1, -0.05) is 12.1 Å². The molecule has 1 aromatic carbocycles. The highest BCUT2D eigenvalue weighted by atomic mass is 16.6. The first-order valence-corrected chi connectivity index (χ1v) is 7.68. The molecule has 0 radical (unpaired) electrons. The van der Waals surface area contributed by atoms with Crippen LogP contribution in [0.3, 0.4) is 0 Å². The van der Waals surface area contributed by atoms with Crippen molar-refractivity contribution in [2.75, 3.05) is 0 Å². The highest BCUT2D eigenvalue weighted by Crippen LogP contribution is 2.14. The fraction of sp³-hybridized carbons (Fsp3) is 0.500. The number of benzene rings is 1. The van der Waals surface area contributed by atoms with Crippen molar-refractivity contribution in [1.82, 2.24) is 5.32 Å². The van der Waals surface area contributed by atoms with Crippen molar-refractivity contribution >= 4 is 17.7 Å². The number of ether oxygens (including phenoxy) is 1. The smallest absolute Gasteiger partial charge is 0.414 e. The molecule has 0 saturated carbocycles. The van der Waals surface area contributed by atoms with E-state index in [2.05, 4.69) is 0 Å². The molecule has 25 heavy (non-hydrogen) atoms. The molecule has 1 aromatic rings. The Hall–Kier alpha value is -2.52. The molecule has 0 unspecified atom stereocenters. The van der Waals surface area contributed by atoms with E-state index in [9.17, 15) is 24.8 Å². The van der Waals surface area contributed by atoms with E-state index in [1.54, 1.807) is 20.8 Å². The Morgan fingerprint density at radius 3 is 2.36 bits per heavy atom. The Morgan fingerprint density at radius 1 is 1.32 bits per heavy atom. The van der Waals surface area contributed by atoms with Crippen LogP contribution in [0.1, 0.15) is 32.8 Å². The Morgan fingerprint density at radius 2 is 1.88 bits per heavy atom. The summed E-state index contributed by atoms with van der Waals surface area (Å²) in [4.78, 5) is 33.3. The molecule has 2 amide bonds. The summed E-state index contributed by atoms with van der Waals surface area (Å²) in [5.41, 5.74) is 5.75. The zero-order valence-corrected chi connectivity index (χ0v) is 14.4. The molecule has 0 saturated heterocycles. The van der Waals surface area contributed by atoms with Crippen LogP contribution in [-0.4, -0.2) is 39.8 Å². The summed E-state index contributed by atoms with van der Waals surface area (Å²) in [5, 5.41) is 22.6. The minimum Gasteiger partial charge on any atom is -0.444 e. The van der Waals surface area contributed by atoms with Gasteiger partial charge in [0.25, 0.3) is 5.69 Å². The van der Waals surface area contributed by atoms with Gasteiger partial charge in [-0.2, -0.15) is 0 Å². The van der Waals surface area contributed by atoms with Crippen LogP contribution in [-0.2, 0) is 16.0 Å². The number of nitrogens with one attached hydrogen (secondary N) is 1. The summed E-state index contributed by atoms with van der Waals surface area (Å²) < 4.78 is 4.94. The molecule has 0 aliphatic rings. The van der Waals surface area contributed by atoms with E-state index in [-0.39, 0.29) is 18.5 Å². The van der Waals surface area contributed by atoms with Gasteiger partial charge in [0.05, 0.1) is 17.4 Å². The van der Waals surface area contributed by atoms with Gasteiger partial charge < -0.3 is 15.6 Å². The maximum Gasteiger partial charge on any atom is 0.414 e. The van der Waals surface area contributed by atoms with E-state index in [0.29, 0.717) is 5.56 Å². The van der Waals surface area contributed by atoms with E-state index in [0.717, 1.165) is 0 Å². The number of aliphatic hydroxyl groups excluding tert-OH is 1.